The number of aryl methyl sites for hydroxylation is 1. The first kappa shape index (κ1) is 19.6. The normalized spacial score (nSPS) is 12.8. The van der Waals surface area contributed by atoms with E-state index in [4.69, 9.17) is 4.74 Å². The minimum absolute atomic E-state index is 0.182. The van der Waals surface area contributed by atoms with Crippen molar-refractivity contribution in [3.05, 3.63) is 35.4 Å². The summed E-state index contributed by atoms with van der Waals surface area (Å²) in [4.78, 5) is 10.2. The van der Waals surface area contributed by atoms with Crippen LogP contribution in [0.15, 0.2) is 24.3 Å². The van der Waals surface area contributed by atoms with Gasteiger partial charge in [0.15, 0.2) is 0 Å². The van der Waals surface area contributed by atoms with Crippen LogP contribution < -0.4 is 0 Å². The van der Waals surface area contributed by atoms with Crippen LogP contribution in [-0.4, -0.2) is 42.8 Å². The van der Waals surface area contributed by atoms with E-state index in [0.29, 0.717) is 0 Å². The molecule has 2 unspecified atom stereocenters. The molecule has 0 saturated heterocycles. The molecule has 21 heavy (non-hydrogen) atoms. The third kappa shape index (κ3) is 7.22. The summed E-state index contributed by atoms with van der Waals surface area (Å²) >= 11 is 0. The van der Waals surface area contributed by atoms with Gasteiger partial charge in [0, 0.05) is 13.2 Å². The molecular formula is C16H26O5. The fourth-order valence-electron chi connectivity index (χ4n) is 1.92. The number of benzene rings is 1. The first-order valence-electron chi connectivity index (χ1n) is 7.19. The topological polar surface area (TPSA) is 76.0 Å². The van der Waals surface area contributed by atoms with Gasteiger partial charge < -0.3 is 19.7 Å². The summed E-state index contributed by atoms with van der Waals surface area (Å²) in [6.45, 7) is 7.56. The Morgan fingerprint density at radius 1 is 1.19 bits per heavy atom. The second-order valence-corrected chi connectivity index (χ2v) is 4.25. The molecule has 0 fully saturated rings. The number of aliphatic hydroxyl groups excluding tert-OH is 2. The van der Waals surface area contributed by atoms with Crippen molar-refractivity contribution in [3.63, 3.8) is 0 Å². The molecule has 1 aromatic carbocycles. The van der Waals surface area contributed by atoms with E-state index >= 15 is 0 Å². The van der Waals surface area contributed by atoms with Gasteiger partial charge in [-0.3, -0.25) is 4.79 Å². The minimum Gasteiger partial charge on any atom is -0.437 e. The lowest BCUT2D eigenvalue weighted by Crippen LogP contribution is -2.25. The summed E-state index contributed by atoms with van der Waals surface area (Å²) in [7, 11) is 0. The number of aliphatic hydroxyl groups is 2. The van der Waals surface area contributed by atoms with Crippen LogP contribution in [0.4, 0.5) is 0 Å². The summed E-state index contributed by atoms with van der Waals surface area (Å²) in [5.41, 5.74) is 1.83. The lowest BCUT2D eigenvalue weighted by atomic mass is 9.93. The van der Waals surface area contributed by atoms with Crippen LogP contribution in [0.5, 0.6) is 0 Å². The smallest absolute Gasteiger partial charge is 0.295 e. The highest BCUT2D eigenvalue weighted by atomic mass is 16.6. The van der Waals surface area contributed by atoms with Crippen LogP contribution >= 0.6 is 0 Å². The van der Waals surface area contributed by atoms with Crippen LogP contribution in [0, 0.1) is 0 Å². The number of hydrogen-bond acceptors (Lipinski definition) is 5. The van der Waals surface area contributed by atoms with Gasteiger partial charge in [-0.05, 0) is 31.4 Å². The molecule has 0 spiro atoms. The van der Waals surface area contributed by atoms with Crippen LogP contribution in [0.3, 0.4) is 0 Å². The predicted molar refractivity (Wildman–Crippen MR) is 81.0 cm³/mol. The largest absolute Gasteiger partial charge is 0.437 e. The Kier molecular flexibility index (Phi) is 11.5. The number of ether oxygens (including phenoxy) is 2. The molecule has 2 atom stereocenters. The molecule has 0 aliphatic rings. The second kappa shape index (κ2) is 12.3. The third-order valence-corrected chi connectivity index (χ3v) is 2.98. The van der Waals surface area contributed by atoms with Crippen molar-refractivity contribution in [2.45, 2.75) is 39.4 Å². The fraction of sp³-hybridized carbons (Fsp3) is 0.562. The number of carbonyl (C=O) groups is 1. The summed E-state index contributed by atoms with van der Waals surface area (Å²) in [6.07, 6.45) is -0.518. The molecule has 120 valence electrons. The van der Waals surface area contributed by atoms with E-state index in [9.17, 15) is 15.0 Å². The molecule has 0 saturated carbocycles. The lowest BCUT2D eigenvalue weighted by Gasteiger charge is -2.21. The first-order chi connectivity index (χ1) is 10.2. The summed E-state index contributed by atoms with van der Waals surface area (Å²) in [6, 6.07) is 7.46. The van der Waals surface area contributed by atoms with Crippen molar-refractivity contribution < 1.29 is 24.5 Å². The van der Waals surface area contributed by atoms with Crippen molar-refractivity contribution in [3.8, 4) is 0 Å². The van der Waals surface area contributed by atoms with Gasteiger partial charge in [-0.25, -0.2) is 0 Å². The van der Waals surface area contributed by atoms with Crippen LogP contribution in [-0.2, 0) is 20.7 Å². The lowest BCUT2D eigenvalue weighted by molar-refractivity contribution is -0.157. The van der Waals surface area contributed by atoms with Crippen LogP contribution in [0.25, 0.3) is 0 Å². The standard InChI is InChI=1S/C12H16O4.C4H10O/c1-2-9-5-3-4-6-10(9)11(7-13)12(15)16-8-14;1-3-5-4-2/h3-6,8,11-13,15H,2,7H2,1H3;3-4H2,1-2H3. The number of hydrogen-bond donors (Lipinski definition) is 2. The molecule has 0 heterocycles. The van der Waals surface area contributed by atoms with Crippen molar-refractivity contribution in [2.75, 3.05) is 19.8 Å². The Bertz CT molecular complexity index is 379. The molecule has 0 bridgehead atoms. The van der Waals surface area contributed by atoms with E-state index in [1.54, 1.807) is 0 Å². The zero-order valence-corrected chi connectivity index (χ0v) is 13.0. The monoisotopic (exact) mass is 298 g/mol. The van der Waals surface area contributed by atoms with Gasteiger partial charge in [0.2, 0.25) is 6.29 Å². The molecule has 0 aliphatic carbocycles. The molecule has 0 aliphatic heterocycles. The molecule has 0 radical (unpaired) electrons. The third-order valence-electron chi connectivity index (χ3n) is 2.98. The Morgan fingerprint density at radius 2 is 1.81 bits per heavy atom. The quantitative estimate of drug-likeness (QED) is 0.566. The average Bonchev–Trinajstić information content (AvgIpc) is 2.50. The van der Waals surface area contributed by atoms with E-state index in [1.807, 2.05) is 45.0 Å². The highest BCUT2D eigenvalue weighted by Crippen LogP contribution is 2.24. The van der Waals surface area contributed by atoms with Gasteiger partial charge in [0.05, 0.1) is 12.5 Å². The molecule has 2 N–H and O–H groups in total. The van der Waals surface area contributed by atoms with Gasteiger partial charge in [-0.15, -0.1) is 0 Å². The molecule has 5 heteroatoms. The Balaban J connectivity index is 0.000000690. The molecule has 5 nitrogen and oxygen atoms in total. The van der Waals surface area contributed by atoms with Gasteiger partial charge in [0.1, 0.15) is 0 Å². The molecule has 1 aromatic rings. The second-order valence-electron chi connectivity index (χ2n) is 4.25. The van der Waals surface area contributed by atoms with E-state index in [0.717, 1.165) is 30.8 Å². The van der Waals surface area contributed by atoms with Crippen LogP contribution in [0.1, 0.15) is 37.8 Å². The van der Waals surface area contributed by atoms with Crippen molar-refractivity contribution in [2.24, 2.45) is 0 Å². The Hall–Kier alpha value is -1.43. The van der Waals surface area contributed by atoms with Crippen molar-refractivity contribution >= 4 is 6.47 Å². The zero-order valence-electron chi connectivity index (χ0n) is 13.0. The van der Waals surface area contributed by atoms with E-state index in [2.05, 4.69) is 4.74 Å². The predicted octanol–water partition coefficient (Wildman–Crippen LogP) is 1.86. The number of rotatable bonds is 8. The summed E-state index contributed by atoms with van der Waals surface area (Å²) in [5, 5.41) is 18.8. The van der Waals surface area contributed by atoms with Crippen LogP contribution in [0.2, 0.25) is 0 Å². The Morgan fingerprint density at radius 3 is 2.24 bits per heavy atom. The highest BCUT2D eigenvalue weighted by molar-refractivity contribution is 5.38. The summed E-state index contributed by atoms with van der Waals surface area (Å²) in [5.74, 6) is -0.596. The maximum Gasteiger partial charge on any atom is 0.295 e. The van der Waals surface area contributed by atoms with Gasteiger partial charge in [-0.1, -0.05) is 31.2 Å². The minimum atomic E-state index is -1.31. The maximum atomic E-state index is 10.2. The molecule has 0 aromatic heterocycles. The molecule has 1 rings (SSSR count). The highest BCUT2D eigenvalue weighted by Gasteiger charge is 2.23. The maximum absolute atomic E-state index is 10.2. The van der Waals surface area contributed by atoms with Gasteiger partial charge >= 0.3 is 0 Å². The number of carbonyl (C=O) groups excluding carboxylic acids is 1. The average molecular weight is 298 g/mol. The Labute approximate surface area is 126 Å². The zero-order chi connectivity index (χ0) is 16.1. The SMILES string of the molecule is CCOCC.CCc1ccccc1C(CO)C(O)OC=O. The van der Waals surface area contributed by atoms with E-state index in [1.165, 1.54) is 0 Å². The summed E-state index contributed by atoms with van der Waals surface area (Å²) < 4.78 is 9.30. The molecular weight excluding hydrogens is 272 g/mol. The van der Waals surface area contributed by atoms with E-state index in [-0.39, 0.29) is 13.1 Å². The molecule has 0 amide bonds. The van der Waals surface area contributed by atoms with Gasteiger partial charge in [0.25, 0.3) is 6.47 Å². The van der Waals surface area contributed by atoms with Crippen molar-refractivity contribution in [1.82, 2.24) is 0 Å². The van der Waals surface area contributed by atoms with Gasteiger partial charge in [-0.2, -0.15) is 0 Å². The fourth-order valence-corrected chi connectivity index (χ4v) is 1.92. The first-order valence-corrected chi connectivity index (χ1v) is 7.19. The van der Waals surface area contributed by atoms with E-state index < -0.39 is 12.2 Å². The van der Waals surface area contributed by atoms with Crippen molar-refractivity contribution in [1.29, 1.82) is 0 Å².